The molecule has 192 valence electrons. The molecule has 1 aromatic carbocycles. The lowest BCUT2D eigenvalue weighted by Gasteiger charge is -2.19. The first-order chi connectivity index (χ1) is 17.5. The lowest BCUT2D eigenvalue weighted by atomic mass is 10.1. The minimum absolute atomic E-state index is 0.0664. The van der Waals surface area contributed by atoms with Gasteiger partial charge in [-0.1, -0.05) is 56.5 Å². The second-order valence-electron chi connectivity index (χ2n) is 8.87. The molecule has 0 saturated heterocycles. The van der Waals surface area contributed by atoms with E-state index in [0.29, 0.717) is 35.9 Å². The van der Waals surface area contributed by atoms with Crippen LogP contribution in [0.15, 0.2) is 59.1 Å². The van der Waals surface area contributed by atoms with Gasteiger partial charge in [-0.15, -0.1) is 0 Å². The number of carbonyl (C=O) groups excluding carboxylic acids is 1. The van der Waals surface area contributed by atoms with Gasteiger partial charge >= 0.3 is 0 Å². The van der Waals surface area contributed by atoms with Gasteiger partial charge in [-0.2, -0.15) is 4.98 Å². The summed E-state index contributed by atoms with van der Waals surface area (Å²) in [6.45, 7) is 3.35. The molecule has 2 heterocycles. The number of benzene rings is 1. The first-order valence-corrected chi connectivity index (χ1v) is 13.4. The van der Waals surface area contributed by atoms with Crippen LogP contribution >= 0.6 is 11.8 Å². The predicted molar refractivity (Wildman–Crippen MR) is 140 cm³/mol. The number of halogens is 1. The third-order valence-corrected chi connectivity index (χ3v) is 6.97. The van der Waals surface area contributed by atoms with E-state index in [4.69, 9.17) is 0 Å². The van der Waals surface area contributed by atoms with E-state index in [1.165, 1.54) is 49.5 Å². The molecule has 0 aliphatic heterocycles. The van der Waals surface area contributed by atoms with Crippen LogP contribution in [-0.2, 0) is 23.5 Å². The van der Waals surface area contributed by atoms with Crippen LogP contribution in [0.25, 0.3) is 0 Å². The normalized spacial score (nSPS) is 11.0. The van der Waals surface area contributed by atoms with Crippen molar-refractivity contribution >= 4 is 17.7 Å². The van der Waals surface area contributed by atoms with Crippen LogP contribution in [-0.4, -0.2) is 43.9 Å². The number of unbranched alkanes of at least 4 members (excludes halogenated alkanes) is 4. The molecule has 0 N–H and O–H groups in total. The van der Waals surface area contributed by atoms with E-state index < -0.39 is 0 Å². The molecule has 9 heteroatoms. The lowest BCUT2D eigenvalue weighted by molar-refractivity contribution is -0.130. The Morgan fingerprint density at radius 3 is 2.50 bits per heavy atom. The van der Waals surface area contributed by atoms with Crippen molar-refractivity contribution in [1.29, 1.82) is 0 Å². The Balaban J connectivity index is 1.70. The van der Waals surface area contributed by atoms with Crippen molar-refractivity contribution in [2.45, 2.75) is 69.3 Å². The van der Waals surface area contributed by atoms with Crippen LogP contribution in [0, 0.1) is 5.82 Å². The van der Waals surface area contributed by atoms with Gasteiger partial charge in [0.15, 0.2) is 5.16 Å². The standard InChI is InChI=1S/C27H34FN5O2S/c1-3-4-5-6-7-13-32(2)25(34)12-14-33-18-23(15-22-16-29-20-30-17-22)26(35)31-27(33)36-19-21-8-10-24(28)11-9-21/h8-11,16-18,20H,3-7,12-15,19H2,1-2H3. The van der Waals surface area contributed by atoms with Crippen molar-refractivity contribution in [1.82, 2.24) is 24.4 Å². The Hall–Kier alpha value is -3.07. The van der Waals surface area contributed by atoms with Gasteiger partial charge in [0.05, 0.1) is 0 Å². The second-order valence-corrected chi connectivity index (χ2v) is 9.81. The van der Waals surface area contributed by atoms with Crippen molar-refractivity contribution in [3.05, 3.63) is 82.0 Å². The molecule has 0 atom stereocenters. The monoisotopic (exact) mass is 511 g/mol. The summed E-state index contributed by atoms with van der Waals surface area (Å²) >= 11 is 1.40. The zero-order valence-electron chi connectivity index (χ0n) is 21.0. The molecular formula is C27H34FN5O2S. The molecule has 1 amide bonds. The number of carbonyl (C=O) groups is 1. The highest BCUT2D eigenvalue weighted by Gasteiger charge is 2.14. The zero-order chi connectivity index (χ0) is 25.8. The summed E-state index contributed by atoms with van der Waals surface area (Å²) < 4.78 is 15.1. The second kappa shape index (κ2) is 14.5. The minimum Gasteiger partial charge on any atom is -0.346 e. The number of aromatic nitrogens is 4. The Morgan fingerprint density at radius 1 is 1.06 bits per heavy atom. The fraction of sp³-hybridized carbons (Fsp3) is 0.444. The van der Waals surface area contributed by atoms with Gasteiger partial charge in [-0.3, -0.25) is 9.59 Å². The number of hydrogen-bond donors (Lipinski definition) is 0. The average Bonchev–Trinajstić information content (AvgIpc) is 2.89. The fourth-order valence-corrected chi connectivity index (χ4v) is 4.72. The molecular weight excluding hydrogens is 477 g/mol. The molecule has 7 nitrogen and oxygen atoms in total. The molecule has 0 fully saturated rings. The minimum atomic E-state index is -0.313. The highest BCUT2D eigenvalue weighted by atomic mass is 32.2. The van der Waals surface area contributed by atoms with Gasteiger partial charge < -0.3 is 9.47 Å². The van der Waals surface area contributed by atoms with E-state index in [0.717, 1.165) is 30.5 Å². The molecule has 0 spiro atoms. The van der Waals surface area contributed by atoms with Crippen LogP contribution in [0.3, 0.4) is 0 Å². The number of amides is 1. The molecule has 0 aliphatic rings. The maximum atomic E-state index is 13.3. The first-order valence-electron chi connectivity index (χ1n) is 12.4. The van der Waals surface area contributed by atoms with Gasteiger partial charge in [0.25, 0.3) is 5.56 Å². The average molecular weight is 512 g/mol. The molecule has 0 aliphatic carbocycles. The van der Waals surface area contributed by atoms with Gasteiger partial charge in [0.2, 0.25) is 5.91 Å². The van der Waals surface area contributed by atoms with E-state index in [2.05, 4.69) is 21.9 Å². The van der Waals surface area contributed by atoms with E-state index >= 15 is 0 Å². The predicted octanol–water partition coefficient (Wildman–Crippen LogP) is 4.87. The summed E-state index contributed by atoms with van der Waals surface area (Å²) in [5, 5.41) is 0.535. The molecule has 36 heavy (non-hydrogen) atoms. The highest BCUT2D eigenvalue weighted by molar-refractivity contribution is 7.98. The van der Waals surface area contributed by atoms with E-state index in [1.807, 2.05) is 11.6 Å². The molecule has 2 aromatic heterocycles. The Morgan fingerprint density at radius 2 is 1.78 bits per heavy atom. The Labute approximate surface area is 216 Å². The van der Waals surface area contributed by atoms with Crippen LogP contribution in [0.4, 0.5) is 4.39 Å². The number of thioether (sulfide) groups is 1. The number of aryl methyl sites for hydroxylation is 1. The van der Waals surface area contributed by atoms with Crippen molar-refractivity contribution < 1.29 is 9.18 Å². The maximum absolute atomic E-state index is 13.3. The quantitative estimate of drug-likeness (QED) is 0.174. The zero-order valence-corrected chi connectivity index (χ0v) is 21.8. The van der Waals surface area contributed by atoms with E-state index in [1.54, 1.807) is 35.6 Å². The Kier molecular flexibility index (Phi) is 11.1. The van der Waals surface area contributed by atoms with Gasteiger partial charge in [-0.25, -0.2) is 14.4 Å². The summed E-state index contributed by atoms with van der Waals surface area (Å²) in [6, 6.07) is 6.26. The van der Waals surface area contributed by atoms with Crippen LogP contribution in [0.2, 0.25) is 0 Å². The number of nitrogens with zero attached hydrogens (tertiary/aromatic N) is 5. The molecule has 3 aromatic rings. The van der Waals surface area contributed by atoms with Crippen molar-refractivity contribution in [2.24, 2.45) is 0 Å². The SMILES string of the molecule is CCCCCCCN(C)C(=O)CCn1cc(Cc2cncnc2)c(=O)nc1SCc1ccc(F)cc1. The van der Waals surface area contributed by atoms with Crippen molar-refractivity contribution in [2.75, 3.05) is 13.6 Å². The number of hydrogen-bond acceptors (Lipinski definition) is 6. The first kappa shape index (κ1) is 27.5. The molecule has 0 unspecified atom stereocenters. The van der Waals surface area contributed by atoms with Crippen LogP contribution < -0.4 is 5.56 Å². The summed E-state index contributed by atoms with van der Waals surface area (Å²) in [6.07, 6.45) is 13.0. The fourth-order valence-electron chi connectivity index (χ4n) is 3.77. The van der Waals surface area contributed by atoms with E-state index in [-0.39, 0.29) is 17.3 Å². The topological polar surface area (TPSA) is 81.0 Å². The van der Waals surface area contributed by atoms with Crippen molar-refractivity contribution in [3.63, 3.8) is 0 Å². The Bertz CT molecular complexity index is 1160. The summed E-state index contributed by atoms with van der Waals surface area (Å²) in [5.74, 6) is 0.308. The summed E-state index contributed by atoms with van der Waals surface area (Å²) in [5.41, 5.74) is 1.94. The molecule has 0 saturated carbocycles. The molecule has 3 rings (SSSR count). The third kappa shape index (κ3) is 8.86. The smallest absolute Gasteiger partial charge is 0.277 e. The third-order valence-electron chi connectivity index (χ3n) is 5.91. The summed E-state index contributed by atoms with van der Waals surface area (Å²) in [4.78, 5) is 39.7. The van der Waals surface area contributed by atoms with Crippen LogP contribution in [0.5, 0.6) is 0 Å². The highest BCUT2D eigenvalue weighted by Crippen LogP contribution is 2.21. The summed E-state index contributed by atoms with van der Waals surface area (Å²) in [7, 11) is 1.84. The molecule has 0 radical (unpaired) electrons. The maximum Gasteiger partial charge on any atom is 0.277 e. The largest absolute Gasteiger partial charge is 0.346 e. The number of rotatable bonds is 14. The van der Waals surface area contributed by atoms with E-state index in [9.17, 15) is 14.0 Å². The molecule has 0 bridgehead atoms. The van der Waals surface area contributed by atoms with Gasteiger partial charge in [0.1, 0.15) is 12.1 Å². The van der Waals surface area contributed by atoms with Gasteiger partial charge in [-0.05, 0) is 29.7 Å². The van der Waals surface area contributed by atoms with Crippen molar-refractivity contribution in [3.8, 4) is 0 Å². The lowest BCUT2D eigenvalue weighted by Crippen LogP contribution is -2.29. The van der Waals surface area contributed by atoms with Crippen LogP contribution in [0.1, 0.15) is 62.1 Å². The van der Waals surface area contributed by atoms with Gasteiger partial charge in [0, 0.05) is 62.9 Å².